The molecule has 0 aliphatic heterocycles. The van der Waals surface area contributed by atoms with E-state index in [0.29, 0.717) is 17.5 Å². The van der Waals surface area contributed by atoms with E-state index in [1.807, 2.05) is 48.5 Å². The fourth-order valence-corrected chi connectivity index (χ4v) is 9.20. The Morgan fingerprint density at radius 1 is 0.344 bits per heavy atom. The van der Waals surface area contributed by atoms with Gasteiger partial charge in [0.2, 0.25) is 0 Å². The number of nitrogens with zero attached hydrogens (tertiary/aromatic N) is 4. The predicted molar refractivity (Wildman–Crippen MR) is 248 cm³/mol. The molecule has 0 aliphatic carbocycles. The van der Waals surface area contributed by atoms with Gasteiger partial charge in [-0.05, 0) is 76.5 Å². The second-order valence-electron chi connectivity index (χ2n) is 15.6. The van der Waals surface area contributed by atoms with Crippen LogP contribution in [0, 0.1) is 0 Å². The minimum atomic E-state index is 0.551. The molecule has 0 saturated carbocycles. The Bertz CT molecular complexity index is 3900. The minimum Gasteiger partial charge on any atom is -0.456 e. The predicted octanol–water partition coefficient (Wildman–Crippen LogP) is 14.6. The van der Waals surface area contributed by atoms with E-state index >= 15 is 0 Å². The van der Waals surface area contributed by atoms with Gasteiger partial charge >= 0.3 is 0 Å². The number of aromatic nitrogens is 4. The van der Waals surface area contributed by atoms with Crippen molar-refractivity contribution >= 4 is 76.5 Å². The number of hydrogen-bond acceptors (Lipinski definition) is 5. The molecule has 9 aromatic carbocycles. The zero-order valence-corrected chi connectivity index (χ0v) is 32.6. The molecule has 0 bridgehead atoms. The first kappa shape index (κ1) is 33.6. The highest BCUT2D eigenvalue weighted by molar-refractivity contribution is 6.16. The van der Waals surface area contributed by atoms with Gasteiger partial charge in [0.05, 0.1) is 16.7 Å². The summed E-state index contributed by atoms with van der Waals surface area (Å²) in [4.78, 5) is 16.0. The molecule has 284 valence electrons. The van der Waals surface area contributed by atoms with Crippen molar-refractivity contribution in [1.29, 1.82) is 0 Å². The Balaban J connectivity index is 1.12. The maximum absolute atomic E-state index is 6.82. The quantitative estimate of drug-likeness (QED) is 0.174. The molecule has 6 nitrogen and oxygen atoms in total. The van der Waals surface area contributed by atoms with Gasteiger partial charge in [-0.15, -0.1) is 0 Å². The van der Waals surface area contributed by atoms with Crippen LogP contribution in [0.3, 0.4) is 0 Å². The summed E-state index contributed by atoms with van der Waals surface area (Å²) in [6.45, 7) is 0. The van der Waals surface area contributed by atoms with Crippen molar-refractivity contribution in [2.45, 2.75) is 0 Å². The average Bonchev–Trinajstić information content (AvgIpc) is 4.00. The van der Waals surface area contributed by atoms with Crippen molar-refractivity contribution in [3.8, 4) is 51.0 Å². The third-order valence-electron chi connectivity index (χ3n) is 12.0. The molecule has 0 saturated heterocycles. The lowest BCUT2D eigenvalue weighted by Gasteiger charge is -2.13. The molecule has 0 amide bonds. The van der Waals surface area contributed by atoms with Gasteiger partial charge in [-0.25, -0.2) is 15.0 Å². The van der Waals surface area contributed by atoms with Gasteiger partial charge in [-0.3, -0.25) is 0 Å². The Hall–Kier alpha value is -8.35. The van der Waals surface area contributed by atoms with Crippen molar-refractivity contribution in [2.75, 3.05) is 0 Å². The first-order chi connectivity index (χ1) is 30.2. The third kappa shape index (κ3) is 5.26. The van der Waals surface area contributed by atoms with E-state index in [1.165, 1.54) is 21.5 Å². The summed E-state index contributed by atoms with van der Waals surface area (Å²) in [5.74, 6) is 1.68. The molecule has 0 radical (unpaired) electrons. The van der Waals surface area contributed by atoms with Gasteiger partial charge in [0, 0.05) is 49.0 Å². The average molecular weight is 781 g/mol. The van der Waals surface area contributed by atoms with Crippen molar-refractivity contribution in [3.05, 3.63) is 194 Å². The molecule has 0 unspecified atom stereocenters. The first-order valence-corrected chi connectivity index (χ1v) is 20.4. The lowest BCUT2D eigenvalue weighted by atomic mass is 10.0. The number of furan rings is 2. The summed E-state index contributed by atoms with van der Waals surface area (Å²) < 4.78 is 15.5. The lowest BCUT2D eigenvalue weighted by Crippen LogP contribution is -2.02. The standard InChI is InChI=1S/C55H32N4O2/c1-2-14-33(15-3-1)34-18-12-19-37(28-34)53-56-54(58-55(57-53)42-23-13-27-50-51(42)41-22-8-11-26-49(41)60-50)38-30-44-40-21-7-10-25-48(40)61-52(44)47(32-38)59-45-24-9-6-20-39(45)43-29-35-16-4-5-17-36(35)31-46(43)59/h1-32H. The van der Waals surface area contributed by atoms with Crippen LogP contribution in [-0.2, 0) is 0 Å². The second-order valence-corrected chi connectivity index (χ2v) is 15.6. The Kier molecular flexibility index (Phi) is 7.21. The van der Waals surface area contributed by atoms with E-state index in [4.69, 9.17) is 23.8 Å². The van der Waals surface area contributed by atoms with Gasteiger partial charge in [-0.2, -0.15) is 0 Å². The molecule has 4 aromatic heterocycles. The number of rotatable bonds is 5. The molecular weight excluding hydrogens is 749 g/mol. The van der Waals surface area contributed by atoms with Gasteiger partial charge in [0.15, 0.2) is 23.1 Å². The zero-order valence-electron chi connectivity index (χ0n) is 32.6. The van der Waals surface area contributed by atoms with Crippen molar-refractivity contribution in [1.82, 2.24) is 19.5 Å². The molecule has 61 heavy (non-hydrogen) atoms. The van der Waals surface area contributed by atoms with Gasteiger partial charge in [0.1, 0.15) is 16.7 Å². The fraction of sp³-hybridized carbons (Fsp3) is 0. The van der Waals surface area contributed by atoms with Gasteiger partial charge < -0.3 is 13.4 Å². The molecule has 0 spiro atoms. The molecule has 6 heteroatoms. The monoisotopic (exact) mass is 780 g/mol. The van der Waals surface area contributed by atoms with Crippen LogP contribution in [0.25, 0.3) is 127 Å². The largest absolute Gasteiger partial charge is 0.456 e. The number of fused-ring (bicyclic) bond motifs is 10. The maximum Gasteiger partial charge on any atom is 0.164 e. The lowest BCUT2D eigenvalue weighted by molar-refractivity contribution is 0.666. The van der Waals surface area contributed by atoms with Crippen LogP contribution >= 0.6 is 0 Å². The minimum absolute atomic E-state index is 0.551. The fourth-order valence-electron chi connectivity index (χ4n) is 9.20. The summed E-state index contributed by atoms with van der Waals surface area (Å²) in [7, 11) is 0. The van der Waals surface area contributed by atoms with Crippen LogP contribution < -0.4 is 0 Å². The van der Waals surface area contributed by atoms with Crippen LogP contribution in [-0.4, -0.2) is 19.5 Å². The summed E-state index contributed by atoms with van der Waals surface area (Å²) in [5.41, 5.74) is 11.1. The molecule has 13 rings (SSSR count). The second kappa shape index (κ2) is 13.1. The molecule has 13 aromatic rings. The highest BCUT2D eigenvalue weighted by Gasteiger charge is 2.23. The molecule has 0 N–H and O–H groups in total. The molecular formula is C55H32N4O2. The summed E-state index contributed by atoms with van der Waals surface area (Å²) >= 11 is 0. The highest BCUT2D eigenvalue weighted by atomic mass is 16.3. The molecule has 0 fully saturated rings. The third-order valence-corrected chi connectivity index (χ3v) is 12.0. The summed E-state index contributed by atoms with van der Waals surface area (Å²) in [5, 5.41) is 8.68. The Morgan fingerprint density at radius 2 is 0.967 bits per heavy atom. The van der Waals surface area contributed by atoms with Crippen LogP contribution in [0.5, 0.6) is 0 Å². The van der Waals surface area contributed by atoms with E-state index in [2.05, 4.69) is 150 Å². The van der Waals surface area contributed by atoms with Crippen LogP contribution in [0.2, 0.25) is 0 Å². The van der Waals surface area contributed by atoms with E-state index in [0.717, 1.165) is 88.4 Å². The first-order valence-electron chi connectivity index (χ1n) is 20.4. The van der Waals surface area contributed by atoms with Gasteiger partial charge in [0.25, 0.3) is 0 Å². The zero-order chi connectivity index (χ0) is 40.0. The number of hydrogen-bond donors (Lipinski definition) is 0. The van der Waals surface area contributed by atoms with E-state index < -0.39 is 0 Å². The molecule has 0 aliphatic rings. The number of para-hydroxylation sites is 3. The van der Waals surface area contributed by atoms with Crippen LogP contribution in [0.15, 0.2) is 203 Å². The Labute approximate surface area is 348 Å². The topological polar surface area (TPSA) is 69.9 Å². The highest BCUT2D eigenvalue weighted by Crippen LogP contribution is 2.42. The van der Waals surface area contributed by atoms with E-state index in [1.54, 1.807) is 0 Å². The normalized spacial score (nSPS) is 11.9. The molecule has 4 heterocycles. The van der Waals surface area contributed by atoms with E-state index in [-0.39, 0.29) is 0 Å². The SMILES string of the molecule is c1ccc(-c2cccc(-c3nc(-c4cc(-n5c6ccccc6c6cc7ccccc7cc65)c5oc6ccccc6c5c4)nc(-c4cccc5oc6ccccc6c45)n3)c2)cc1. The van der Waals surface area contributed by atoms with Crippen LogP contribution in [0.1, 0.15) is 0 Å². The van der Waals surface area contributed by atoms with Crippen molar-refractivity contribution in [3.63, 3.8) is 0 Å². The Morgan fingerprint density at radius 3 is 1.82 bits per heavy atom. The van der Waals surface area contributed by atoms with Gasteiger partial charge in [-0.1, -0.05) is 140 Å². The summed E-state index contributed by atoms with van der Waals surface area (Å²) in [6, 6.07) is 67.4. The summed E-state index contributed by atoms with van der Waals surface area (Å²) in [6.07, 6.45) is 0. The van der Waals surface area contributed by atoms with Crippen LogP contribution in [0.4, 0.5) is 0 Å². The van der Waals surface area contributed by atoms with E-state index in [9.17, 15) is 0 Å². The smallest absolute Gasteiger partial charge is 0.164 e. The van der Waals surface area contributed by atoms with Crippen molar-refractivity contribution in [2.24, 2.45) is 0 Å². The number of benzene rings is 9. The van der Waals surface area contributed by atoms with Crippen molar-refractivity contribution < 1.29 is 8.83 Å². The maximum atomic E-state index is 6.82. The molecule has 0 atom stereocenters.